The van der Waals surface area contributed by atoms with Gasteiger partial charge in [-0.15, -0.1) is 0 Å². The number of amides is 2. The molecule has 3 N–H and O–H groups in total. The van der Waals surface area contributed by atoms with Gasteiger partial charge in [0.05, 0.1) is 4.92 Å². The summed E-state index contributed by atoms with van der Waals surface area (Å²) in [6.45, 7) is 3.78. The predicted molar refractivity (Wildman–Crippen MR) is 106 cm³/mol. The number of nitro groups is 1. The summed E-state index contributed by atoms with van der Waals surface area (Å²) in [5.74, 6) is 0.339. The first-order chi connectivity index (χ1) is 12.9. The zero-order valence-corrected chi connectivity index (χ0v) is 16.4. The zero-order valence-electron chi connectivity index (χ0n) is 15.6. The average molecular weight is 394 g/mol. The lowest BCUT2D eigenvalue weighted by molar-refractivity contribution is -0.384. The summed E-state index contributed by atoms with van der Waals surface area (Å²) in [6, 6.07) is 4.90. The maximum absolute atomic E-state index is 12.7. The molecule has 1 saturated heterocycles. The van der Waals surface area contributed by atoms with Crippen LogP contribution in [-0.4, -0.2) is 53.9 Å². The number of hydrogen-bond donors (Lipinski definition) is 3. The summed E-state index contributed by atoms with van der Waals surface area (Å²) in [5.41, 5.74) is 0.0117. The number of nitrogens with zero attached hydrogens (tertiary/aromatic N) is 1. The maximum atomic E-state index is 12.7. The van der Waals surface area contributed by atoms with E-state index in [1.54, 1.807) is 11.8 Å². The number of carbonyl (C=O) groups is 2. The van der Waals surface area contributed by atoms with Crippen molar-refractivity contribution in [3.8, 4) is 0 Å². The van der Waals surface area contributed by atoms with Gasteiger partial charge >= 0.3 is 0 Å². The van der Waals surface area contributed by atoms with Gasteiger partial charge in [-0.3, -0.25) is 19.7 Å². The Labute approximate surface area is 163 Å². The predicted octanol–water partition coefficient (Wildman–Crippen LogP) is 1.56. The van der Waals surface area contributed by atoms with Crippen LogP contribution in [0, 0.1) is 16.0 Å². The van der Waals surface area contributed by atoms with Gasteiger partial charge in [0.15, 0.2) is 0 Å². The van der Waals surface area contributed by atoms with Crippen LogP contribution in [0.5, 0.6) is 0 Å². The van der Waals surface area contributed by atoms with Crippen molar-refractivity contribution in [1.29, 1.82) is 0 Å². The van der Waals surface area contributed by atoms with Crippen molar-refractivity contribution in [3.63, 3.8) is 0 Å². The second-order valence-electron chi connectivity index (χ2n) is 6.70. The zero-order chi connectivity index (χ0) is 19.8. The van der Waals surface area contributed by atoms with E-state index in [1.165, 1.54) is 24.3 Å². The molecule has 1 aromatic rings. The van der Waals surface area contributed by atoms with E-state index in [1.807, 2.05) is 6.26 Å². The van der Waals surface area contributed by atoms with Gasteiger partial charge in [0.25, 0.3) is 11.6 Å². The molecule has 0 bridgehead atoms. The van der Waals surface area contributed by atoms with Crippen LogP contribution in [0.4, 0.5) is 5.69 Å². The van der Waals surface area contributed by atoms with Gasteiger partial charge in [0.1, 0.15) is 6.04 Å². The first kappa shape index (κ1) is 21.2. The fourth-order valence-electron chi connectivity index (χ4n) is 3.02. The molecule has 2 amide bonds. The van der Waals surface area contributed by atoms with Crippen molar-refractivity contribution in [3.05, 3.63) is 39.9 Å². The Morgan fingerprint density at radius 2 is 2.22 bits per heavy atom. The summed E-state index contributed by atoms with van der Waals surface area (Å²) in [7, 11) is 0. The molecule has 1 fully saturated rings. The molecule has 3 atom stereocenters. The standard InChI is InChI=1S/C18H26N4O4S/c1-12-11-19-8-6-15(12)20-18(24)16(7-9-27-2)21-17(23)13-4-3-5-14(10-13)22(25)26/h3-5,10,12,15-16,19H,6-9,11H2,1-2H3,(H,20,24)(H,21,23). The highest BCUT2D eigenvalue weighted by molar-refractivity contribution is 7.98. The van der Waals surface area contributed by atoms with Crippen LogP contribution in [0.25, 0.3) is 0 Å². The molecule has 1 aliphatic rings. The lowest BCUT2D eigenvalue weighted by Gasteiger charge is -2.31. The van der Waals surface area contributed by atoms with Crippen molar-refractivity contribution in [1.82, 2.24) is 16.0 Å². The first-order valence-electron chi connectivity index (χ1n) is 8.97. The quantitative estimate of drug-likeness (QED) is 0.455. The van der Waals surface area contributed by atoms with E-state index in [0.717, 1.165) is 25.3 Å². The summed E-state index contributed by atoms with van der Waals surface area (Å²) >= 11 is 1.59. The molecule has 8 nitrogen and oxygen atoms in total. The molecule has 0 aliphatic carbocycles. The van der Waals surface area contributed by atoms with Gasteiger partial charge in [-0.1, -0.05) is 13.0 Å². The number of piperidine rings is 1. The highest BCUT2D eigenvalue weighted by Gasteiger charge is 2.27. The Kier molecular flexibility index (Phi) is 8.05. The van der Waals surface area contributed by atoms with E-state index < -0.39 is 16.9 Å². The molecule has 27 heavy (non-hydrogen) atoms. The van der Waals surface area contributed by atoms with Crippen LogP contribution >= 0.6 is 11.8 Å². The highest BCUT2D eigenvalue weighted by atomic mass is 32.2. The van der Waals surface area contributed by atoms with Crippen LogP contribution < -0.4 is 16.0 Å². The topological polar surface area (TPSA) is 113 Å². The number of nitro benzene ring substituents is 1. The lowest BCUT2D eigenvalue weighted by atomic mass is 9.95. The molecule has 2 rings (SSSR count). The average Bonchev–Trinajstić information content (AvgIpc) is 2.66. The third-order valence-electron chi connectivity index (χ3n) is 4.66. The largest absolute Gasteiger partial charge is 0.351 e. The van der Waals surface area contributed by atoms with Crippen LogP contribution in [0.1, 0.15) is 30.1 Å². The van der Waals surface area contributed by atoms with E-state index in [4.69, 9.17) is 0 Å². The van der Waals surface area contributed by atoms with Crippen molar-refractivity contribution in [2.75, 3.05) is 25.1 Å². The minimum absolute atomic E-state index is 0.0743. The molecule has 0 radical (unpaired) electrons. The Hall–Kier alpha value is -2.13. The molecule has 3 unspecified atom stereocenters. The van der Waals surface area contributed by atoms with Crippen molar-refractivity contribution in [2.45, 2.75) is 31.8 Å². The number of carbonyl (C=O) groups excluding carboxylic acids is 2. The van der Waals surface area contributed by atoms with Gasteiger partial charge < -0.3 is 16.0 Å². The summed E-state index contributed by atoms with van der Waals surface area (Å²) in [4.78, 5) is 35.6. The monoisotopic (exact) mass is 394 g/mol. The molecule has 1 aromatic carbocycles. The molecule has 1 aliphatic heterocycles. The highest BCUT2D eigenvalue weighted by Crippen LogP contribution is 2.14. The summed E-state index contributed by atoms with van der Waals surface area (Å²) < 4.78 is 0. The molecular formula is C18H26N4O4S. The van der Waals surface area contributed by atoms with E-state index in [9.17, 15) is 19.7 Å². The number of thioether (sulfide) groups is 1. The number of rotatable bonds is 8. The summed E-state index contributed by atoms with van der Waals surface area (Å²) in [5, 5.41) is 20.0. The normalized spacial score (nSPS) is 20.5. The third-order valence-corrected chi connectivity index (χ3v) is 5.31. The van der Waals surface area contributed by atoms with Gasteiger partial charge in [-0.2, -0.15) is 11.8 Å². The van der Waals surface area contributed by atoms with E-state index >= 15 is 0 Å². The molecule has 9 heteroatoms. The number of non-ortho nitro benzene ring substituents is 1. The number of nitrogens with one attached hydrogen (secondary N) is 3. The molecule has 148 valence electrons. The smallest absolute Gasteiger partial charge is 0.270 e. The van der Waals surface area contributed by atoms with Crippen LogP contribution in [0.15, 0.2) is 24.3 Å². The van der Waals surface area contributed by atoms with E-state index in [0.29, 0.717) is 12.3 Å². The van der Waals surface area contributed by atoms with Gasteiger partial charge in [-0.05, 0) is 49.9 Å². The molecule has 1 heterocycles. The Balaban J connectivity index is 2.06. The van der Waals surface area contributed by atoms with Crippen molar-refractivity contribution >= 4 is 29.3 Å². The van der Waals surface area contributed by atoms with E-state index in [-0.39, 0.29) is 23.2 Å². The van der Waals surface area contributed by atoms with Crippen molar-refractivity contribution in [2.24, 2.45) is 5.92 Å². The maximum Gasteiger partial charge on any atom is 0.270 e. The first-order valence-corrected chi connectivity index (χ1v) is 10.4. The van der Waals surface area contributed by atoms with Gasteiger partial charge in [-0.25, -0.2) is 0 Å². The van der Waals surface area contributed by atoms with Gasteiger partial charge in [0, 0.05) is 23.7 Å². The Bertz CT molecular complexity index is 685. The lowest BCUT2D eigenvalue weighted by Crippen LogP contribution is -2.54. The van der Waals surface area contributed by atoms with Crippen molar-refractivity contribution < 1.29 is 14.5 Å². The van der Waals surface area contributed by atoms with Crippen LogP contribution in [-0.2, 0) is 4.79 Å². The molecule has 0 saturated carbocycles. The number of benzene rings is 1. The molecule has 0 spiro atoms. The van der Waals surface area contributed by atoms with Gasteiger partial charge in [0.2, 0.25) is 5.91 Å². The van der Waals surface area contributed by atoms with E-state index in [2.05, 4.69) is 22.9 Å². The molecule has 0 aromatic heterocycles. The fraction of sp³-hybridized carbons (Fsp3) is 0.556. The SMILES string of the molecule is CSCCC(NC(=O)c1cccc([N+](=O)[O-])c1)C(=O)NC1CCNCC1C. The summed E-state index contributed by atoms with van der Waals surface area (Å²) in [6.07, 6.45) is 3.28. The number of hydrogen-bond acceptors (Lipinski definition) is 6. The Morgan fingerprint density at radius 1 is 1.44 bits per heavy atom. The third kappa shape index (κ3) is 6.21. The molecular weight excluding hydrogens is 368 g/mol. The minimum Gasteiger partial charge on any atom is -0.351 e. The minimum atomic E-state index is -0.675. The second kappa shape index (κ2) is 10.3. The second-order valence-corrected chi connectivity index (χ2v) is 7.69. The fourth-order valence-corrected chi connectivity index (χ4v) is 3.49. The Morgan fingerprint density at radius 3 is 2.89 bits per heavy atom. The van der Waals surface area contributed by atoms with Crippen LogP contribution in [0.2, 0.25) is 0 Å². The van der Waals surface area contributed by atoms with Crippen LogP contribution in [0.3, 0.4) is 0 Å².